The molecule has 1 N–H and O–H groups in total. The van der Waals surface area contributed by atoms with E-state index in [9.17, 15) is 10.3 Å². The van der Waals surface area contributed by atoms with Gasteiger partial charge >= 0.3 is 0 Å². The zero-order valence-electron chi connectivity index (χ0n) is 12.0. The third-order valence-corrected chi connectivity index (χ3v) is 3.60. The third-order valence-electron chi connectivity index (χ3n) is 3.29. The highest BCUT2D eigenvalue weighted by atomic mass is 35.5. The van der Waals surface area contributed by atoms with Gasteiger partial charge in [0.1, 0.15) is 23.3 Å². The summed E-state index contributed by atoms with van der Waals surface area (Å²) in [6.07, 6.45) is 1.50. The first kappa shape index (κ1) is 15.0. The van der Waals surface area contributed by atoms with Gasteiger partial charge in [0, 0.05) is 29.3 Å². The fourth-order valence-corrected chi connectivity index (χ4v) is 2.30. The van der Waals surface area contributed by atoms with Gasteiger partial charge in [-0.15, -0.1) is 0 Å². The van der Waals surface area contributed by atoms with Crippen LogP contribution < -0.4 is 0 Å². The van der Waals surface area contributed by atoms with Crippen LogP contribution in [0.25, 0.3) is 10.9 Å². The van der Waals surface area contributed by atoms with Crippen LogP contribution in [-0.4, -0.2) is 27.8 Å². The predicted octanol–water partition coefficient (Wildman–Crippen LogP) is 4.19. The number of halogens is 1. The summed E-state index contributed by atoms with van der Waals surface area (Å²) < 4.78 is 0.447. The van der Waals surface area contributed by atoms with Crippen LogP contribution in [0.2, 0.25) is 5.15 Å². The summed E-state index contributed by atoms with van der Waals surface area (Å²) in [6.45, 7) is 3.26. The maximum Gasteiger partial charge on any atom is 0.218 e. The fourth-order valence-electron chi connectivity index (χ4n) is 2.11. The SMILES string of the molecule is C=[N+]([O-])c1ccc(O)c(/N=C/c2cc3ccccc3nc2Cl)c1. The Labute approximate surface area is 137 Å². The Balaban J connectivity index is 2.01. The maximum absolute atomic E-state index is 11.2. The van der Waals surface area contributed by atoms with Crippen LogP contribution in [0.3, 0.4) is 0 Å². The summed E-state index contributed by atoms with van der Waals surface area (Å²) in [5.41, 5.74) is 1.94. The molecule has 0 aliphatic heterocycles. The van der Waals surface area contributed by atoms with Gasteiger partial charge in [0.25, 0.3) is 0 Å². The number of phenolic OH excluding ortho intramolecular Hbond substituents is 1. The molecule has 0 radical (unpaired) electrons. The number of hydrogen-bond donors (Lipinski definition) is 1. The molecule has 114 valence electrons. The number of phenols is 1. The van der Waals surface area contributed by atoms with Crippen LogP contribution in [0.4, 0.5) is 11.4 Å². The number of aromatic nitrogens is 1. The van der Waals surface area contributed by atoms with Gasteiger partial charge < -0.3 is 10.3 Å². The summed E-state index contributed by atoms with van der Waals surface area (Å²) in [6, 6.07) is 13.7. The first-order valence-corrected chi connectivity index (χ1v) is 7.12. The van der Waals surface area contributed by atoms with Crippen molar-refractivity contribution < 1.29 is 9.85 Å². The second kappa shape index (κ2) is 6.06. The van der Waals surface area contributed by atoms with E-state index in [1.54, 1.807) is 0 Å². The smallest absolute Gasteiger partial charge is 0.218 e. The lowest BCUT2D eigenvalue weighted by atomic mass is 10.2. The predicted molar refractivity (Wildman–Crippen MR) is 92.5 cm³/mol. The van der Waals surface area contributed by atoms with E-state index in [0.717, 1.165) is 10.9 Å². The molecular formula is C17H12ClN3O2. The standard InChI is InChI=1S/C17H12ClN3O2/c1-21(23)13-6-7-16(22)15(9-13)19-10-12-8-11-4-2-3-5-14(11)20-17(12)18/h2-10,22H,1H2/b19-10+. The zero-order chi connectivity index (χ0) is 16.4. The van der Waals surface area contributed by atoms with E-state index in [1.165, 1.54) is 24.4 Å². The van der Waals surface area contributed by atoms with Crippen LogP contribution >= 0.6 is 11.6 Å². The van der Waals surface area contributed by atoms with Crippen LogP contribution in [0, 0.1) is 5.21 Å². The molecule has 2 aromatic carbocycles. The van der Waals surface area contributed by atoms with Crippen LogP contribution in [0.15, 0.2) is 53.5 Å². The van der Waals surface area contributed by atoms with Crippen molar-refractivity contribution in [3.05, 3.63) is 64.5 Å². The molecule has 0 saturated heterocycles. The van der Waals surface area contributed by atoms with Gasteiger partial charge in [0.2, 0.25) is 5.69 Å². The average molecular weight is 326 g/mol. The minimum Gasteiger partial charge on any atom is -0.619 e. The summed E-state index contributed by atoms with van der Waals surface area (Å²) in [4.78, 5) is 8.49. The normalized spacial score (nSPS) is 11.2. The number of aliphatic imine (C=N–C) groups is 1. The molecule has 23 heavy (non-hydrogen) atoms. The van der Waals surface area contributed by atoms with Crippen molar-refractivity contribution in [2.75, 3.05) is 0 Å². The Morgan fingerprint density at radius 1 is 1.22 bits per heavy atom. The van der Waals surface area contributed by atoms with Crippen LogP contribution in [0.1, 0.15) is 5.56 Å². The van der Waals surface area contributed by atoms with Gasteiger partial charge in [-0.25, -0.2) is 4.98 Å². The highest BCUT2D eigenvalue weighted by molar-refractivity contribution is 6.32. The van der Waals surface area contributed by atoms with Crippen molar-refractivity contribution in [2.24, 2.45) is 4.99 Å². The molecule has 3 rings (SSSR count). The van der Waals surface area contributed by atoms with E-state index in [2.05, 4.69) is 16.7 Å². The lowest BCUT2D eigenvalue weighted by molar-refractivity contribution is -0.349. The van der Waals surface area contributed by atoms with Gasteiger partial charge in [0.15, 0.2) is 0 Å². The molecule has 0 saturated carbocycles. The Kier molecular flexibility index (Phi) is 3.95. The molecule has 0 fully saturated rings. The monoisotopic (exact) mass is 325 g/mol. The van der Waals surface area contributed by atoms with Crippen LogP contribution in [0.5, 0.6) is 5.75 Å². The lowest BCUT2D eigenvalue weighted by Crippen LogP contribution is -1.90. The summed E-state index contributed by atoms with van der Waals surface area (Å²) in [5, 5.41) is 22.3. The molecule has 0 bridgehead atoms. The maximum atomic E-state index is 11.2. The fraction of sp³-hybridized carbons (Fsp3) is 0. The summed E-state index contributed by atoms with van der Waals surface area (Å²) in [7, 11) is 0. The number of benzene rings is 2. The molecule has 0 spiro atoms. The van der Waals surface area contributed by atoms with E-state index in [1.807, 2.05) is 30.3 Å². The number of rotatable bonds is 3. The highest BCUT2D eigenvalue weighted by Gasteiger charge is 2.07. The molecule has 0 aliphatic carbocycles. The van der Waals surface area contributed by atoms with E-state index < -0.39 is 0 Å². The number of nitrogens with zero attached hydrogens (tertiary/aromatic N) is 3. The Bertz CT molecular complexity index is 938. The van der Waals surface area contributed by atoms with E-state index in [-0.39, 0.29) is 17.1 Å². The minimum atomic E-state index is -0.0447. The number of aromatic hydroxyl groups is 1. The number of hydrogen-bond acceptors (Lipinski definition) is 4. The molecule has 6 heteroatoms. The van der Waals surface area contributed by atoms with Crippen molar-refractivity contribution in [2.45, 2.75) is 0 Å². The molecular weight excluding hydrogens is 314 g/mol. The molecule has 3 aromatic rings. The molecule has 0 amide bonds. The number of pyridine rings is 1. The van der Waals surface area contributed by atoms with Crippen LogP contribution in [-0.2, 0) is 0 Å². The Morgan fingerprint density at radius 2 is 2.00 bits per heavy atom. The minimum absolute atomic E-state index is 0.0447. The molecule has 0 aliphatic rings. The zero-order valence-corrected chi connectivity index (χ0v) is 12.7. The van der Waals surface area contributed by atoms with Crippen molar-refractivity contribution in [1.29, 1.82) is 0 Å². The van der Waals surface area contributed by atoms with Crippen molar-refractivity contribution >= 4 is 46.8 Å². The summed E-state index contributed by atoms with van der Waals surface area (Å²) >= 11 is 6.16. The van der Waals surface area contributed by atoms with E-state index in [4.69, 9.17) is 11.6 Å². The van der Waals surface area contributed by atoms with Gasteiger partial charge in [-0.05, 0) is 18.2 Å². The van der Waals surface area contributed by atoms with Crippen molar-refractivity contribution in [3.8, 4) is 5.75 Å². The number of para-hydroxylation sites is 1. The first-order valence-electron chi connectivity index (χ1n) is 6.75. The largest absolute Gasteiger partial charge is 0.619 e. The Morgan fingerprint density at radius 3 is 2.78 bits per heavy atom. The second-order valence-corrected chi connectivity index (χ2v) is 5.23. The van der Waals surface area contributed by atoms with E-state index in [0.29, 0.717) is 15.5 Å². The second-order valence-electron chi connectivity index (χ2n) is 4.87. The summed E-state index contributed by atoms with van der Waals surface area (Å²) in [5.74, 6) is -0.0447. The first-order chi connectivity index (χ1) is 11.0. The molecule has 1 aromatic heterocycles. The molecule has 5 nitrogen and oxygen atoms in total. The third kappa shape index (κ3) is 3.14. The van der Waals surface area contributed by atoms with Crippen molar-refractivity contribution in [3.63, 3.8) is 0 Å². The number of fused-ring (bicyclic) bond motifs is 1. The van der Waals surface area contributed by atoms with E-state index >= 15 is 0 Å². The lowest BCUT2D eigenvalue weighted by Gasteiger charge is -2.04. The average Bonchev–Trinajstić information content (AvgIpc) is 2.54. The molecule has 0 unspecified atom stereocenters. The molecule has 0 atom stereocenters. The molecule has 1 heterocycles. The van der Waals surface area contributed by atoms with Gasteiger partial charge in [-0.3, -0.25) is 4.99 Å². The quantitative estimate of drug-likeness (QED) is 0.258. The van der Waals surface area contributed by atoms with Gasteiger partial charge in [-0.2, -0.15) is 4.74 Å². The van der Waals surface area contributed by atoms with Crippen molar-refractivity contribution in [1.82, 2.24) is 4.98 Å². The van der Waals surface area contributed by atoms with Gasteiger partial charge in [-0.1, -0.05) is 29.8 Å². The Hall–Kier alpha value is -2.92. The van der Waals surface area contributed by atoms with Gasteiger partial charge in [0.05, 0.1) is 5.52 Å². The topological polar surface area (TPSA) is 71.5 Å². The highest BCUT2D eigenvalue weighted by Crippen LogP contribution is 2.30.